The molecule has 20 heavy (non-hydrogen) atoms. The van der Waals surface area contributed by atoms with Crippen LogP contribution in [-0.2, 0) is 0 Å². The molecule has 0 aromatic heterocycles. The van der Waals surface area contributed by atoms with Crippen LogP contribution in [0.1, 0.15) is 33.4 Å². The monoisotopic (exact) mass is 302 g/mol. The molecular formula is C18H22S2. The summed E-state index contributed by atoms with van der Waals surface area (Å²) in [4.78, 5) is 2.82. The zero-order valence-electron chi connectivity index (χ0n) is 13.1. The van der Waals surface area contributed by atoms with Crippen LogP contribution in [0.15, 0.2) is 34.1 Å². The highest BCUT2D eigenvalue weighted by molar-refractivity contribution is 8.76. The van der Waals surface area contributed by atoms with E-state index in [1.165, 1.54) is 43.2 Å². The summed E-state index contributed by atoms with van der Waals surface area (Å²) >= 11 is 0. The molecule has 2 rings (SSSR count). The van der Waals surface area contributed by atoms with Crippen LogP contribution in [0.25, 0.3) is 0 Å². The number of hydrogen-bond donors (Lipinski definition) is 0. The molecule has 0 saturated heterocycles. The number of rotatable bonds is 3. The van der Waals surface area contributed by atoms with Crippen molar-refractivity contribution in [1.82, 2.24) is 0 Å². The first-order valence-corrected chi connectivity index (χ1v) is 9.05. The summed E-state index contributed by atoms with van der Waals surface area (Å²) in [7, 11) is 3.79. The van der Waals surface area contributed by atoms with Crippen molar-refractivity contribution in [3.8, 4) is 0 Å². The van der Waals surface area contributed by atoms with E-state index in [1.807, 2.05) is 21.6 Å². The summed E-state index contributed by atoms with van der Waals surface area (Å²) < 4.78 is 0. The lowest BCUT2D eigenvalue weighted by molar-refractivity contribution is 1.17. The van der Waals surface area contributed by atoms with Gasteiger partial charge >= 0.3 is 0 Å². The van der Waals surface area contributed by atoms with Crippen molar-refractivity contribution in [3.05, 3.63) is 57.6 Å². The third-order valence-electron chi connectivity index (χ3n) is 3.96. The Kier molecular flexibility index (Phi) is 4.87. The molecule has 0 radical (unpaired) electrons. The van der Waals surface area contributed by atoms with Gasteiger partial charge in [-0.2, -0.15) is 0 Å². The van der Waals surface area contributed by atoms with E-state index in [0.29, 0.717) is 0 Å². The average Bonchev–Trinajstić information content (AvgIpc) is 2.42. The summed E-state index contributed by atoms with van der Waals surface area (Å²) in [6.07, 6.45) is 0. The Balaban J connectivity index is 2.31. The van der Waals surface area contributed by atoms with E-state index in [2.05, 4.69) is 65.8 Å². The molecule has 0 aliphatic rings. The third-order valence-corrected chi connectivity index (χ3v) is 6.88. The Morgan fingerprint density at radius 2 is 0.800 bits per heavy atom. The topological polar surface area (TPSA) is 0 Å². The van der Waals surface area contributed by atoms with Crippen LogP contribution in [0.3, 0.4) is 0 Å². The van der Waals surface area contributed by atoms with Crippen LogP contribution in [0.2, 0.25) is 0 Å². The molecule has 0 bridgehead atoms. The predicted octanol–water partition coefficient (Wildman–Crippen LogP) is 6.34. The van der Waals surface area contributed by atoms with Gasteiger partial charge in [0.1, 0.15) is 0 Å². The number of hydrogen-bond acceptors (Lipinski definition) is 2. The molecule has 0 aliphatic carbocycles. The van der Waals surface area contributed by atoms with Gasteiger partial charge in [0.05, 0.1) is 0 Å². The molecular weight excluding hydrogens is 280 g/mol. The van der Waals surface area contributed by atoms with E-state index in [0.717, 1.165) is 0 Å². The van der Waals surface area contributed by atoms with Gasteiger partial charge in [-0.25, -0.2) is 0 Å². The minimum absolute atomic E-state index is 1.37. The molecule has 0 N–H and O–H groups in total. The van der Waals surface area contributed by atoms with Gasteiger partial charge in [0.2, 0.25) is 0 Å². The fourth-order valence-electron chi connectivity index (χ4n) is 2.19. The predicted molar refractivity (Wildman–Crippen MR) is 93.0 cm³/mol. The normalized spacial score (nSPS) is 10.9. The van der Waals surface area contributed by atoms with Crippen LogP contribution < -0.4 is 0 Å². The lowest BCUT2D eigenvalue weighted by Gasteiger charge is -2.14. The molecule has 0 saturated carbocycles. The van der Waals surface area contributed by atoms with Crippen molar-refractivity contribution in [3.63, 3.8) is 0 Å². The Labute approximate surface area is 130 Å². The molecule has 2 heteroatoms. The van der Waals surface area contributed by atoms with Crippen LogP contribution in [0.5, 0.6) is 0 Å². The van der Waals surface area contributed by atoms with E-state index in [4.69, 9.17) is 0 Å². The highest BCUT2D eigenvalue weighted by atomic mass is 33.1. The van der Waals surface area contributed by atoms with Gasteiger partial charge in [-0.15, -0.1) is 0 Å². The molecule has 0 nitrogen and oxygen atoms in total. The van der Waals surface area contributed by atoms with Crippen molar-refractivity contribution in [2.75, 3.05) is 0 Å². The van der Waals surface area contributed by atoms with Crippen LogP contribution in [0, 0.1) is 41.5 Å². The van der Waals surface area contributed by atoms with Gasteiger partial charge in [-0.1, -0.05) is 45.9 Å². The summed E-state index contributed by atoms with van der Waals surface area (Å²) in [6, 6.07) is 8.87. The molecule has 0 heterocycles. The second-order valence-corrected chi connectivity index (χ2v) is 7.62. The Bertz CT molecular complexity index is 585. The molecule has 0 unspecified atom stereocenters. The molecule has 0 spiro atoms. The summed E-state index contributed by atoms with van der Waals surface area (Å²) in [5.41, 5.74) is 8.30. The van der Waals surface area contributed by atoms with Gasteiger partial charge in [0.25, 0.3) is 0 Å². The van der Waals surface area contributed by atoms with Gasteiger partial charge in [-0.3, -0.25) is 0 Å². The van der Waals surface area contributed by atoms with E-state index in [1.54, 1.807) is 0 Å². The summed E-state index contributed by atoms with van der Waals surface area (Å²) in [5.74, 6) is 0. The fourth-order valence-corrected chi connectivity index (χ4v) is 5.37. The highest BCUT2D eigenvalue weighted by Crippen LogP contribution is 2.44. The van der Waals surface area contributed by atoms with Crippen LogP contribution in [-0.4, -0.2) is 0 Å². The molecule has 2 aromatic rings. The maximum Gasteiger partial charge on any atom is 0.0247 e. The summed E-state index contributed by atoms with van der Waals surface area (Å²) in [5, 5.41) is 0. The maximum atomic E-state index is 2.22. The Hall–Kier alpha value is -0.860. The van der Waals surface area contributed by atoms with Gasteiger partial charge in [-0.05, 0) is 74.9 Å². The zero-order chi connectivity index (χ0) is 14.9. The first-order valence-electron chi connectivity index (χ1n) is 6.90. The molecule has 0 fully saturated rings. The van der Waals surface area contributed by atoms with E-state index in [-0.39, 0.29) is 0 Å². The second kappa shape index (κ2) is 6.28. The first kappa shape index (κ1) is 15.5. The SMILES string of the molecule is Cc1ccc(C)c(SSc2c(C)ccc(C)c2C)c1C. The quantitative estimate of drug-likeness (QED) is 0.607. The Morgan fingerprint density at radius 1 is 0.500 bits per heavy atom. The maximum absolute atomic E-state index is 2.22. The molecule has 0 amide bonds. The second-order valence-electron chi connectivity index (χ2n) is 5.47. The molecule has 106 valence electrons. The van der Waals surface area contributed by atoms with E-state index >= 15 is 0 Å². The molecule has 0 aliphatic heterocycles. The van der Waals surface area contributed by atoms with Crippen molar-refractivity contribution in [1.29, 1.82) is 0 Å². The first-order chi connectivity index (χ1) is 9.41. The van der Waals surface area contributed by atoms with Crippen LogP contribution in [0.4, 0.5) is 0 Å². The van der Waals surface area contributed by atoms with E-state index < -0.39 is 0 Å². The highest BCUT2D eigenvalue weighted by Gasteiger charge is 2.10. The zero-order valence-corrected chi connectivity index (χ0v) is 14.8. The summed E-state index contributed by atoms with van der Waals surface area (Å²) in [6.45, 7) is 13.2. The Morgan fingerprint density at radius 3 is 1.15 bits per heavy atom. The minimum Gasteiger partial charge on any atom is -0.0587 e. The van der Waals surface area contributed by atoms with Crippen LogP contribution >= 0.6 is 21.6 Å². The van der Waals surface area contributed by atoms with Crippen molar-refractivity contribution < 1.29 is 0 Å². The number of aryl methyl sites for hydroxylation is 4. The molecule has 0 atom stereocenters. The van der Waals surface area contributed by atoms with Crippen molar-refractivity contribution in [2.24, 2.45) is 0 Å². The smallest absolute Gasteiger partial charge is 0.0247 e. The van der Waals surface area contributed by atoms with Gasteiger partial charge < -0.3 is 0 Å². The third kappa shape index (κ3) is 3.07. The van der Waals surface area contributed by atoms with Gasteiger partial charge in [0, 0.05) is 9.79 Å². The fraction of sp³-hybridized carbons (Fsp3) is 0.333. The molecule has 2 aromatic carbocycles. The largest absolute Gasteiger partial charge is 0.0587 e. The van der Waals surface area contributed by atoms with Gasteiger partial charge in [0.15, 0.2) is 0 Å². The average molecular weight is 303 g/mol. The number of benzene rings is 2. The van der Waals surface area contributed by atoms with Crippen molar-refractivity contribution >= 4 is 21.6 Å². The lowest BCUT2D eigenvalue weighted by atomic mass is 10.1. The minimum atomic E-state index is 1.37. The standard InChI is InChI=1S/C18H22S2/c1-11-7-9-13(3)17(15(11)5)19-20-18-14(4)10-8-12(2)16(18)6/h7-10H,1-6H3. The lowest BCUT2D eigenvalue weighted by Crippen LogP contribution is -1.90. The van der Waals surface area contributed by atoms with Crippen molar-refractivity contribution in [2.45, 2.75) is 51.3 Å². The van der Waals surface area contributed by atoms with E-state index in [9.17, 15) is 0 Å².